The van der Waals surface area contributed by atoms with Crippen LogP contribution in [0.1, 0.15) is 11.1 Å². The van der Waals surface area contributed by atoms with Crippen molar-refractivity contribution in [1.29, 1.82) is 0 Å². The predicted molar refractivity (Wildman–Crippen MR) is 50.5 cm³/mol. The van der Waals surface area contributed by atoms with Gasteiger partial charge in [-0.15, -0.1) is 0 Å². The molecule has 0 bridgehead atoms. The number of rotatable bonds is 3. The highest BCUT2D eigenvalue weighted by Crippen LogP contribution is 2.16. The second-order valence-electron chi connectivity index (χ2n) is 2.96. The van der Waals surface area contributed by atoms with Crippen LogP contribution in [-0.4, -0.2) is 12.8 Å². The van der Waals surface area contributed by atoms with Gasteiger partial charge in [0.25, 0.3) is 0 Å². The Kier molecular flexibility index (Phi) is 2.80. The number of carbonyl (C=O) groups is 2. The first-order chi connectivity index (χ1) is 6.17. The third-order valence-electron chi connectivity index (χ3n) is 1.73. The maximum absolute atomic E-state index is 10.5. The Morgan fingerprint density at radius 1 is 1.00 bits per heavy atom. The Bertz CT molecular complexity index is 305. The quantitative estimate of drug-likeness (QED) is 0.655. The van der Waals surface area contributed by atoms with E-state index >= 15 is 0 Å². The number of nitrogens with zero attached hydrogens (tertiary/aromatic N) is 1. The van der Waals surface area contributed by atoms with E-state index < -0.39 is 0 Å². The van der Waals surface area contributed by atoms with Crippen molar-refractivity contribution in [3.8, 4) is 0 Å². The zero-order valence-electron chi connectivity index (χ0n) is 7.65. The summed E-state index contributed by atoms with van der Waals surface area (Å²) in [6.07, 6.45) is 1.00. The van der Waals surface area contributed by atoms with Crippen molar-refractivity contribution in [2.45, 2.75) is 13.8 Å². The molecule has 0 aliphatic heterocycles. The van der Waals surface area contributed by atoms with Gasteiger partial charge < -0.3 is 0 Å². The molecule has 3 heteroatoms. The van der Waals surface area contributed by atoms with Crippen molar-refractivity contribution < 1.29 is 9.59 Å². The normalized spacial score (nSPS) is 9.38. The van der Waals surface area contributed by atoms with Crippen LogP contribution in [0.2, 0.25) is 0 Å². The van der Waals surface area contributed by atoms with E-state index in [0.29, 0.717) is 18.5 Å². The van der Waals surface area contributed by atoms with E-state index in [-0.39, 0.29) is 0 Å². The van der Waals surface area contributed by atoms with E-state index in [0.717, 1.165) is 16.0 Å². The Balaban J connectivity index is 3.12. The van der Waals surface area contributed by atoms with Crippen LogP contribution in [0.15, 0.2) is 18.2 Å². The van der Waals surface area contributed by atoms with Gasteiger partial charge in [0.15, 0.2) is 0 Å². The molecule has 0 N–H and O–H groups in total. The predicted octanol–water partition coefficient (Wildman–Crippen LogP) is 1.42. The Morgan fingerprint density at radius 2 is 1.46 bits per heavy atom. The van der Waals surface area contributed by atoms with Crippen LogP contribution in [0.4, 0.5) is 5.69 Å². The molecule has 68 valence electrons. The van der Waals surface area contributed by atoms with E-state index in [4.69, 9.17) is 0 Å². The fourth-order valence-corrected chi connectivity index (χ4v) is 1.25. The molecule has 3 nitrogen and oxygen atoms in total. The Morgan fingerprint density at radius 3 is 1.85 bits per heavy atom. The molecular formula is C10H11NO2. The van der Waals surface area contributed by atoms with Crippen molar-refractivity contribution in [1.82, 2.24) is 0 Å². The monoisotopic (exact) mass is 177 g/mol. The summed E-state index contributed by atoms with van der Waals surface area (Å²) >= 11 is 0. The first-order valence-electron chi connectivity index (χ1n) is 3.94. The molecule has 0 fully saturated rings. The molecule has 1 aromatic carbocycles. The summed E-state index contributed by atoms with van der Waals surface area (Å²) in [4.78, 5) is 21.9. The van der Waals surface area contributed by atoms with Crippen LogP contribution in [-0.2, 0) is 9.59 Å². The summed E-state index contributed by atoms with van der Waals surface area (Å²) in [5.74, 6) is 0. The van der Waals surface area contributed by atoms with Gasteiger partial charge in [0.05, 0.1) is 5.69 Å². The number of hydrogen-bond donors (Lipinski definition) is 0. The topological polar surface area (TPSA) is 37.4 Å². The van der Waals surface area contributed by atoms with Gasteiger partial charge in [-0.25, -0.2) is 0 Å². The molecule has 0 radical (unpaired) electrons. The van der Waals surface area contributed by atoms with Crippen molar-refractivity contribution in [2.24, 2.45) is 0 Å². The molecule has 0 aliphatic carbocycles. The summed E-state index contributed by atoms with van der Waals surface area (Å²) in [6.45, 7) is 3.84. The van der Waals surface area contributed by atoms with Gasteiger partial charge in [-0.2, -0.15) is 0 Å². The molecule has 0 unspecified atom stereocenters. The molecule has 0 aliphatic rings. The van der Waals surface area contributed by atoms with E-state index in [1.54, 1.807) is 12.1 Å². The zero-order valence-corrected chi connectivity index (χ0v) is 7.65. The van der Waals surface area contributed by atoms with E-state index in [1.807, 2.05) is 19.9 Å². The van der Waals surface area contributed by atoms with Gasteiger partial charge in [-0.3, -0.25) is 14.5 Å². The smallest absolute Gasteiger partial charge is 0.220 e. The van der Waals surface area contributed by atoms with Crippen molar-refractivity contribution >= 4 is 18.5 Å². The number of amides is 2. The lowest BCUT2D eigenvalue weighted by molar-refractivity contribution is -0.113. The van der Waals surface area contributed by atoms with Crippen molar-refractivity contribution in [3.05, 3.63) is 29.3 Å². The fraction of sp³-hybridized carbons (Fsp3) is 0.200. The molecule has 0 spiro atoms. The highest BCUT2D eigenvalue weighted by molar-refractivity contribution is 5.95. The number of anilines is 1. The summed E-state index contributed by atoms with van der Waals surface area (Å²) in [5, 5.41) is 0. The lowest BCUT2D eigenvalue weighted by atomic mass is 10.1. The average Bonchev–Trinajstić information content (AvgIpc) is 2.04. The van der Waals surface area contributed by atoms with Crippen LogP contribution in [0.3, 0.4) is 0 Å². The maximum atomic E-state index is 10.5. The molecule has 1 rings (SSSR count). The van der Waals surface area contributed by atoms with Gasteiger partial charge >= 0.3 is 0 Å². The number of benzene rings is 1. The van der Waals surface area contributed by atoms with Crippen LogP contribution >= 0.6 is 0 Å². The summed E-state index contributed by atoms with van der Waals surface area (Å²) in [7, 11) is 0. The minimum absolute atomic E-state index is 0.501. The molecule has 2 amide bonds. The summed E-state index contributed by atoms with van der Waals surface area (Å²) < 4.78 is 0. The molecule has 0 heterocycles. The molecular weight excluding hydrogens is 166 g/mol. The highest BCUT2D eigenvalue weighted by Gasteiger charge is 2.03. The van der Waals surface area contributed by atoms with E-state index in [9.17, 15) is 9.59 Å². The molecule has 0 saturated carbocycles. The maximum Gasteiger partial charge on any atom is 0.220 e. The number of imide groups is 1. The van der Waals surface area contributed by atoms with Crippen molar-refractivity contribution in [2.75, 3.05) is 4.90 Å². The lowest BCUT2D eigenvalue weighted by Gasteiger charge is -2.10. The summed E-state index contributed by atoms with van der Waals surface area (Å²) in [6, 6.07) is 5.56. The average molecular weight is 177 g/mol. The molecule has 1 aromatic rings. The van der Waals surface area contributed by atoms with Crippen LogP contribution in [0.25, 0.3) is 0 Å². The Hall–Kier alpha value is -1.64. The second kappa shape index (κ2) is 3.85. The van der Waals surface area contributed by atoms with Gasteiger partial charge in [-0.1, -0.05) is 6.07 Å². The minimum Gasteiger partial charge on any atom is -0.278 e. The fourth-order valence-electron chi connectivity index (χ4n) is 1.25. The first kappa shape index (κ1) is 9.45. The number of carbonyl (C=O) groups excluding carboxylic acids is 2. The summed E-state index contributed by atoms with van der Waals surface area (Å²) in [5.41, 5.74) is 2.68. The number of hydrogen-bond acceptors (Lipinski definition) is 2. The largest absolute Gasteiger partial charge is 0.278 e. The molecule has 0 atom stereocenters. The molecule has 13 heavy (non-hydrogen) atoms. The van der Waals surface area contributed by atoms with Gasteiger partial charge in [0.2, 0.25) is 12.8 Å². The minimum atomic E-state index is 0.501. The van der Waals surface area contributed by atoms with Gasteiger partial charge in [0.1, 0.15) is 0 Å². The van der Waals surface area contributed by atoms with E-state index in [1.165, 1.54) is 0 Å². The Labute approximate surface area is 77.0 Å². The standard InChI is InChI=1S/C10H11NO2/c1-8-3-9(2)5-10(4-8)11(6-12)7-13/h3-7H,1-2H3. The third-order valence-corrected chi connectivity index (χ3v) is 1.73. The third kappa shape index (κ3) is 2.15. The molecule has 0 aromatic heterocycles. The molecule has 0 saturated heterocycles. The van der Waals surface area contributed by atoms with Crippen LogP contribution < -0.4 is 4.90 Å². The van der Waals surface area contributed by atoms with Crippen LogP contribution in [0, 0.1) is 13.8 Å². The first-order valence-corrected chi connectivity index (χ1v) is 3.94. The van der Waals surface area contributed by atoms with Gasteiger partial charge in [-0.05, 0) is 37.1 Å². The van der Waals surface area contributed by atoms with Crippen molar-refractivity contribution in [3.63, 3.8) is 0 Å². The van der Waals surface area contributed by atoms with E-state index in [2.05, 4.69) is 0 Å². The zero-order chi connectivity index (χ0) is 9.84. The number of aryl methyl sites for hydroxylation is 2. The lowest BCUT2D eigenvalue weighted by Crippen LogP contribution is -2.18. The van der Waals surface area contributed by atoms with Crippen LogP contribution in [0.5, 0.6) is 0 Å². The van der Waals surface area contributed by atoms with Gasteiger partial charge in [0, 0.05) is 0 Å². The second-order valence-corrected chi connectivity index (χ2v) is 2.96. The SMILES string of the molecule is Cc1cc(C)cc(N(C=O)C=O)c1. The highest BCUT2D eigenvalue weighted by atomic mass is 16.2.